The molecule has 0 radical (unpaired) electrons. The van der Waals surface area contributed by atoms with E-state index in [0.717, 1.165) is 0 Å². The lowest BCUT2D eigenvalue weighted by Crippen LogP contribution is -2.36. The molecule has 0 aromatic carbocycles. The maximum Gasteiger partial charge on any atom is 0.354 e. The maximum atomic E-state index is 11.8. The third kappa shape index (κ3) is 3.55. The number of hydrogen-bond donors (Lipinski definition) is 2. The van der Waals surface area contributed by atoms with Gasteiger partial charge >= 0.3 is 5.97 Å². The summed E-state index contributed by atoms with van der Waals surface area (Å²) in [6, 6.07) is 2.79. The second-order valence-electron chi connectivity index (χ2n) is 4.24. The van der Waals surface area contributed by atoms with Gasteiger partial charge in [-0.2, -0.15) is 0 Å². The number of carboxylic acids is 1. The highest BCUT2D eigenvalue weighted by atomic mass is 16.4. The lowest BCUT2D eigenvalue weighted by Gasteiger charge is -2.17. The molecule has 1 heterocycles. The van der Waals surface area contributed by atoms with Crippen LogP contribution in [0.2, 0.25) is 0 Å². The van der Waals surface area contributed by atoms with E-state index in [-0.39, 0.29) is 17.6 Å². The van der Waals surface area contributed by atoms with Gasteiger partial charge in [0.05, 0.1) is 0 Å². The Morgan fingerprint density at radius 1 is 1.35 bits per heavy atom. The van der Waals surface area contributed by atoms with E-state index >= 15 is 0 Å². The van der Waals surface area contributed by atoms with Crippen molar-refractivity contribution in [3.63, 3.8) is 0 Å². The average Bonchev–Trinajstić information content (AvgIpc) is 2.28. The van der Waals surface area contributed by atoms with E-state index in [2.05, 4.69) is 10.3 Å². The summed E-state index contributed by atoms with van der Waals surface area (Å²) >= 11 is 0. The number of carbonyl (C=O) groups excluding carboxylic acids is 1. The van der Waals surface area contributed by atoms with Crippen molar-refractivity contribution < 1.29 is 14.7 Å². The zero-order valence-electron chi connectivity index (χ0n) is 10.1. The molecule has 2 N–H and O–H groups in total. The minimum absolute atomic E-state index is 0.0314. The van der Waals surface area contributed by atoms with Crippen molar-refractivity contribution in [2.75, 3.05) is 0 Å². The largest absolute Gasteiger partial charge is 0.477 e. The van der Waals surface area contributed by atoms with Crippen LogP contribution in [0.5, 0.6) is 0 Å². The van der Waals surface area contributed by atoms with Crippen LogP contribution in [0.15, 0.2) is 18.3 Å². The molecule has 1 aromatic rings. The van der Waals surface area contributed by atoms with Gasteiger partial charge in [-0.25, -0.2) is 9.78 Å². The van der Waals surface area contributed by atoms with Crippen molar-refractivity contribution >= 4 is 11.9 Å². The number of pyridine rings is 1. The van der Waals surface area contributed by atoms with Crippen LogP contribution < -0.4 is 5.32 Å². The van der Waals surface area contributed by atoms with Crippen molar-refractivity contribution in [2.45, 2.75) is 26.8 Å². The van der Waals surface area contributed by atoms with E-state index < -0.39 is 5.97 Å². The smallest absolute Gasteiger partial charge is 0.354 e. The van der Waals surface area contributed by atoms with E-state index in [1.54, 1.807) is 0 Å². The molecule has 0 saturated heterocycles. The van der Waals surface area contributed by atoms with Crippen LogP contribution >= 0.6 is 0 Å². The minimum atomic E-state index is -1.14. The number of carboxylic acid groups (broad SMARTS) is 1. The van der Waals surface area contributed by atoms with E-state index in [1.807, 2.05) is 20.8 Å². The topological polar surface area (TPSA) is 79.3 Å². The predicted octanol–water partition coefficient (Wildman–Crippen LogP) is 1.55. The molecule has 0 aliphatic carbocycles. The average molecular weight is 236 g/mol. The van der Waals surface area contributed by atoms with Crippen molar-refractivity contribution in [3.05, 3.63) is 29.6 Å². The first-order valence-electron chi connectivity index (χ1n) is 5.42. The normalized spacial score (nSPS) is 12.2. The number of aromatic nitrogens is 1. The Morgan fingerprint density at radius 3 is 2.53 bits per heavy atom. The summed E-state index contributed by atoms with van der Waals surface area (Å²) in [6.07, 6.45) is 1.32. The summed E-state index contributed by atoms with van der Waals surface area (Å²) in [5.74, 6) is -1.10. The monoisotopic (exact) mass is 236 g/mol. The summed E-state index contributed by atoms with van der Waals surface area (Å²) in [5.41, 5.74) is 0.180. The van der Waals surface area contributed by atoms with Crippen molar-refractivity contribution in [1.29, 1.82) is 0 Å². The summed E-state index contributed by atoms with van der Waals surface area (Å²) in [7, 11) is 0. The summed E-state index contributed by atoms with van der Waals surface area (Å²) in [6.45, 7) is 5.90. The van der Waals surface area contributed by atoms with Crippen molar-refractivity contribution in [3.8, 4) is 0 Å². The molecule has 0 saturated carbocycles. The van der Waals surface area contributed by atoms with Crippen molar-refractivity contribution in [1.82, 2.24) is 10.3 Å². The highest BCUT2D eigenvalue weighted by Gasteiger charge is 2.14. The van der Waals surface area contributed by atoms with Crippen LogP contribution in [0.3, 0.4) is 0 Å². The molecule has 1 unspecified atom stereocenters. The van der Waals surface area contributed by atoms with E-state index in [1.165, 1.54) is 18.3 Å². The van der Waals surface area contributed by atoms with E-state index in [9.17, 15) is 9.59 Å². The van der Waals surface area contributed by atoms with Gasteiger partial charge in [-0.05, 0) is 25.0 Å². The zero-order valence-corrected chi connectivity index (χ0v) is 10.1. The molecule has 1 atom stereocenters. The number of nitrogens with one attached hydrogen (secondary N) is 1. The van der Waals surface area contributed by atoms with Crippen LogP contribution in [-0.4, -0.2) is 28.0 Å². The molecule has 5 nitrogen and oxygen atoms in total. The molecule has 17 heavy (non-hydrogen) atoms. The predicted molar refractivity (Wildman–Crippen MR) is 63.0 cm³/mol. The van der Waals surface area contributed by atoms with Crippen LogP contribution in [0, 0.1) is 5.92 Å². The fraction of sp³-hybridized carbons (Fsp3) is 0.417. The molecule has 92 valence electrons. The van der Waals surface area contributed by atoms with E-state index in [0.29, 0.717) is 11.5 Å². The van der Waals surface area contributed by atoms with Crippen LogP contribution in [0.4, 0.5) is 0 Å². The molecule has 0 aliphatic heterocycles. The van der Waals surface area contributed by atoms with Gasteiger partial charge in [0, 0.05) is 17.8 Å². The molecule has 1 amide bonds. The fourth-order valence-electron chi connectivity index (χ4n) is 1.15. The Morgan fingerprint density at radius 2 is 2.00 bits per heavy atom. The van der Waals surface area contributed by atoms with Crippen LogP contribution in [-0.2, 0) is 0 Å². The quantitative estimate of drug-likeness (QED) is 0.831. The summed E-state index contributed by atoms with van der Waals surface area (Å²) < 4.78 is 0. The first kappa shape index (κ1) is 13.2. The van der Waals surface area contributed by atoms with Gasteiger partial charge in [0.2, 0.25) is 0 Å². The Hall–Kier alpha value is -1.91. The standard InChI is InChI=1S/C12H16N2O3/c1-7(2)8(3)14-11(15)9-4-5-13-10(6-9)12(16)17/h4-8H,1-3H3,(H,14,15)(H,16,17). The Kier molecular flexibility index (Phi) is 4.20. The van der Waals surface area contributed by atoms with Gasteiger partial charge in [-0.3, -0.25) is 4.79 Å². The fourth-order valence-corrected chi connectivity index (χ4v) is 1.15. The molecule has 1 rings (SSSR count). The van der Waals surface area contributed by atoms with Gasteiger partial charge in [-0.15, -0.1) is 0 Å². The highest BCUT2D eigenvalue weighted by Crippen LogP contribution is 2.05. The third-order valence-electron chi connectivity index (χ3n) is 2.60. The van der Waals surface area contributed by atoms with Gasteiger partial charge in [0.1, 0.15) is 5.69 Å². The Balaban J connectivity index is 2.82. The van der Waals surface area contributed by atoms with Gasteiger partial charge in [0.25, 0.3) is 5.91 Å². The molecule has 0 spiro atoms. The molecule has 0 aliphatic rings. The summed E-state index contributed by atoms with van der Waals surface area (Å²) in [5, 5.41) is 11.6. The van der Waals surface area contributed by atoms with Gasteiger partial charge in [0.15, 0.2) is 0 Å². The lowest BCUT2D eigenvalue weighted by molar-refractivity contribution is 0.0690. The molecule has 0 fully saturated rings. The molecule has 5 heteroatoms. The molecule has 0 bridgehead atoms. The lowest BCUT2D eigenvalue weighted by atomic mass is 10.1. The van der Waals surface area contributed by atoms with E-state index in [4.69, 9.17) is 5.11 Å². The first-order chi connectivity index (χ1) is 7.91. The number of nitrogens with zero attached hydrogens (tertiary/aromatic N) is 1. The second kappa shape index (κ2) is 5.43. The molecular weight excluding hydrogens is 220 g/mol. The number of hydrogen-bond acceptors (Lipinski definition) is 3. The number of carbonyl (C=O) groups is 2. The number of amides is 1. The second-order valence-corrected chi connectivity index (χ2v) is 4.24. The van der Waals surface area contributed by atoms with Gasteiger partial charge < -0.3 is 10.4 Å². The first-order valence-corrected chi connectivity index (χ1v) is 5.42. The highest BCUT2D eigenvalue weighted by molar-refractivity contribution is 5.96. The zero-order chi connectivity index (χ0) is 13.0. The third-order valence-corrected chi connectivity index (χ3v) is 2.60. The Bertz CT molecular complexity index is 430. The SMILES string of the molecule is CC(C)C(C)NC(=O)c1ccnc(C(=O)O)c1. The van der Waals surface area contributed by atoms with Gasteiger partial charge in [-0.1, -0.05) is 13.8 Å². The molecule has 1 aromatic heterocycles. The van der Waals surface area contributed by atoms with Crippen molar-refractivity contribution in [2.24, 2.45) is 5.92 Å². The van der Waals surface area contributed by atoms with Crippen LogP contribution in [0.1, 0.15) is 41.6 Å². The molecular formula is C12H16N2O3. The Labute approximate surface area is 99.9 Å². The maximum absolute atomic E-state index is 11.8. The summed E-state index contributed by atoms with van der Waals surface area (Å²) in [4.78, 5) is 26.2. The number of aromatic carboxylic acids is 1. The van der Waals surface area contributed by atoms with Crippen LogP contribution in [0.25, 0.3) is 0 Å². The minimum Gasteiger partial charge on any atom is -0.477 e. The number of rotatable bonds is 4.